The van der Waals surface area contributed by atoms with Crippen molar-refractivity contribution < 1.29 is 13.6 Å². The van der Waals surface area contributed by atoms with E-state index in [1.807, 2.05) is 13.8 Å². The minimum Gasteiger partial charge on any atom is -0.322 e. The second-order valence-corrected chi connectivity index (χ2v) is 4.81. The Kier molecular flexibility index (Phi) is 4.78. The number of anilines is 1. The van der Waals surface area contributed by atoms with E-state index >= 15 is 0 Å². The summed E-state index contributed by atoms with van der Waals surface area (Å²) in [6, 6.07) is 1.28. The first-order chi connectivity index (χ1) is 8.31. The molecule has 3 nitrogen and oxygen atoms in total. The van der Waals surface area contributed by atoms with E-state index in [9.17, 15) is 13.6 Å². The molecule has 0 radical (unpaired) electrons. The highest BCUT2D eigenvalue weighted by Crippen LogP contribution is 2.19. The number of rotatable bonds is 4. The summed E-state index contributed by atoms with van der Waals surface area (Å²) >= 11 is 0. The number of hydrogen-bond donors (Lipinski definition) is 2. The third kappa shape index (κ3) is 3.77. The fraction of sp³-hybridized carbons (Fsp3) is 0.462. The molecule has 1 aromatic carbocycles. The van der Waals surface area contributed by atoms with Crippen LogP contribution >= 0.6 is 0 Å². The number of nitrogens with one attached hydrogen (secondary N) is 1. The summed E-state index contributed by atoms with van der Waals surface area (Å²) in [7, 11) is 0. The van der Waals surface area contributed by atoms with E-state index in [2.05, 4.69) is 5.32 Å². The Hall–Kier alpha value is -1.49. The second-order valence-electron chi connectivity index (χ2n) is 4.81. The van der Waals surface area contributed by atoms with Gasteiger partial charge in [-0.2, -0.15) is 0 Å². The first-order valence-electron chi connectivity index (χ1n) is 5.83. The van der Waals surface area contributed by atoms with Crippen LogP contribution in [0.2, 0.25) is 0 Å². The van der Waals surface area contributed by atoms with Gasteiger partial charge < -0.3 is 11.1 Å². The van der Waals surface area contributed by atoms with Gasteiger partial charge in [-0.3, -0.25) is 4.79 Å². The fourth-order valence-corrected chi connectivity index (χ4v) is 1.58. The molecule has 0 fully saturated rings. The summed E-state index contributed by atoms with van der Waals surface area (Å²) in [6.45, 7) is 5.31. The quantitative estimate of drug-likeness (QED) is 0.870. The van der Waals surface area contributed by atoms with E-state index in [0.717, 1.165) is 12.1 Å². The van der Waals surface area contributed by atoms with Crippen LogP contribution in [-0.4, -0.2) is 11.9 Å². The molecule has 1 amide bonds. The predicted molar refractivity (Wildman–Crippen MR) is 67.2 cm³/mol. The topological polar surface area (TPSA) is 55.1 Å². The monoisotopic (exact) mass is 256 g/mol. The van der Waals surface area contributed by atoms with Gasteiger partial charge in [0.2, 0.25) is 5.91 Å². The Morgan fingerprint density at radius 1 is 1.33 bits per heavy atom. The number of carbonyl (C=O) groups is 1. The van der Waals surface area contributed by atoms with Crippen LogP contribution in [0, 0.1) is 24.5 Å². The number of halogens is 2. The van der Waals surface area contributed by atoms with Crippen LogP contribution in [0.4, 0.5) is 14.5 Å². The van der Waals surface area contributed by atoms with Gasteiger partial charge in [-0.05, 0) is 30.9 Å². The van der Waals surface area contributed by atoms with Gasteiger partial charge >= 0.3 is 0 Å². The van der Waals surface area contributed by atoms with E-state index in [0.29, 0.717) is 6.42 Å². The molecule has 5 heteroatoms. The highest BCUT2D eigenvalue weighted by atomic mass is 19.1. The van der Waals surface area contributed by atoms with E-state index in [-0.39, 0.29) is 17.2 Å². The Bertz CT molecular complexity index is 447. The fourth-order valence-electron chi connectivity index (χ4n) is 1.58. The van der Waals surface area contributed by atoms with E-state index < -0.39 is 23.6 Å². The summed E-state index contributed by atoms with van der Waals surface area (Å²) in [5, 5.41) is 2.30. The van der Waals surface area contributed by atoms with Crippen LogP contribution in [0.25, 0.3) is 0 Å². The summed E-state index contributed by atoms with van der Waals surface area (Å²) < 4.78 is 26.8. The summed E-state index contributed by atoms with van der Waals surface area (Å²) in [5.41, 5.74) is 5.67. The molecular weight excluding hydrogens is 238 g/mol. The lowest BCUT2D eigenvalue weighted by molar-refractivity contribution is -0.117. The number of amides is 1. The molecule has 0 aromatic heterocycles. The van der Waals surface area contributed by atoms with Crippen molar-refractivity contribution >= 4 is 11.6 Å². The van der Waals surface area contributed by atoms with Crippen molar-refractivity contribution in [3.63, 3.8) is 0 Å². The lowest BCUT2D eigenvalue weighted by Crippen LogP contribution is -2.36. The molecule has 0 aliphatic carbocycles. The molecule has 18 heavy (non-hydrogen) atoms. The van der Waals surface area contributed by atoms with Crippen LogP contribution in [0.5, 0.6) is 0 Å². The van der Waals surface area contributed by atoms with Crippen molar-refractivity contribution in [3.8, 4) is 0 Å². The molecule has 0 saturated heterocycles. The number of nitrogens with two attached hydrogens (primary N) is 1. The average molecular weight is 256 g/mol. The van der Waals surface area contributed by atoms with Gasteiger partial charge in [0.15, 0.2) is 0 Å². The molecule has 0 aliphatic rings. The maximum atomic E-state index is 13.5. The highest BCUT2D eigenvalue weighted by molar-refractivity contribution is 5.94. The van der Waals surface area contributed by atoms with Crippen LogP contribution in [0.3, 0.4) is 0 Å². The van der Waals surface area contributed by atoms with Gasteiger partial charge in [-0.15, -0.1) is 0 Å². The first-order valence-corrected chi connectivity index (χ1v) is 5.83. The standard InChI is InChI=1S/C13H18F2N2O/c1-7(2)4-11(16)13(18)17-12-6-9(14)8(3)5-10(12)15/h5-7,11H,4,16H2,1-3H3,(H,17,18). The maximum absolute atomic E-state index is 13.5. The predicted octanol–water partition coefficient (Wildman–Crippen LogP) is 2.59. The van der Waals surface area contributed by atoms with Gasteiger partial charge in [0.05, 0.1) is 11.7 Å². The minimum atomic E-state index is -0.728. The van der Waals surface area contributed by atoms with Gasteiger partial charge in [0, 0.05) is 6.07 Å². The molecule has 1 unspecified atom stereocenters. The zero-order valence-corrected chi connectivity index (χ0v) is 10.8. The van der Waals surface area contributed by atoms with Crippen LogP contribution < -0.4 is 11.1 Å². The van der Waals surface area contributed by atoms with E-state index in [4.69, 9.17) is 5.73 Å². The highest BCUT2D eigenvalue weighted by Gasteiger charge is 2.17. The largest absolute Gasteiger partial charge is 0.322 e. The van der Waals surface area contributed by atoms with Crippen molar-refractivity contribution in [3.05, 3.63) is 29.3 Å². The van der Waals surface area contributed by atoms with Crippen molar-refractivity contribution in [2.75, 3.05) is 5.32 Å². The Balaban J connectivity index is 2.79. The third-order valence-electron chi connectivity index (χ3n) is 2.57. The summed E-state index contributed by atoms with van der Waals surface area (Å²) in [5.74, 6) is -1.49. The first kappa shape index (κ1) is 14.6. The summed E-state index contributed by atoms with van der Waals surface area (Å²) in [4.78, 5) is 11.7. The molecule has 1 rings (SSSR count). The van der Waals surface area contributed by atoms with Gasteiger partial charge in [0.25, 0.3) is 0 Å². The number of benzene rings is 1. The Morgan fingerprint density at radius 3 is 2.50 bits per heavy atom. The molecule has 1 atom stereocenters. The molecule has 0 bridgehead atoms. The van der Waals surface area contributed by atoms with Crippen molar-refractivity contribution in [1.29, 1.82) is 0 Å². The Morgan fingerprint density at radius 2 is 1.94 bits per heavy atom. The molecule has 1 aromatic rings. The van der Waals surface area contributed by atoms with Crippen molar-refractivity contribution in [2.45, 2.75) is 33.2 Å². The second kappa shape index (κ2) is 5.91. The van der Waals surface area contributed by atoms with Gasteiger partial charge in [-0.1, -0.05) is 13.8 Å². The maximum Gasteiger partial charge on any atom is 0.241 e. The molecule has 0 aliphatic heterocycles. The van der Waals surface area contributed by atoms with Crippen LogP contribution in [-0.2, 0) is 4.79 Å². The third-order valence-corrected chi connectivity index (χ3v) is 2.57. The van der Waals surface area contributed by atoms with E-state index in [1.165, 1.54) is 6.92 Å². The van der Waals surface area contributed by atoms with E-state index in [1.54, 1.807) is 0 Å². The van der Waals surface area contributed by atoms with Crippen molar-refractivity contribution in [2.24, 2.45) is 11.7 Å². The number of hydrogen-bond acceptors (Lipinski definition) is 2. The lowest BCUT2D eigenvalue weighted by Gasteiger charge is -2.14. The molecule has 0 heterocycles. The normalized spacial score (nSPS) is 12.6. The average Bonchev–Trinajstić information content (AvgIpc) is 2.24. The SMILES string of the molecule is Cc1cc(F)c(NC(=O)C(N)CC(C)C)cc1F. The number of carbonyl (C=O) groups excluding carboxylic acids is 1. The minimum absolute atomic E-state index is 0.178. The molecule has 0 spiro atoms. The summed E-state index contributed by atoms with van der Waals surface area (Å²) in [6.07, 6.45) is 0.488. The zero-order chi connectivity index (χ0) is 13.9. The Labute approximate surface area is 105 Å². The molecular formula is C13H18F2N2O. The smallest absolute Gasteiger partial charge is 0.241 e. The molecule has 0 saturated carbocycles. The van der Waals surface area contributed by atoms with Crippen LogP contribution in [0.15, 0.2) is 12.1 Å². The zero-order valence-electron chi connectivity index (χ0n) is 10.8. The number of aryl methyl sites for hydroxylation is 1. The van der Waals surface area contributed by atoms with Gasteiger partial charge in [-0.25, -0.2) is 8.78 Å². The van der Waals surface area contributed by atoms with Gasteiger partial charge in [0.1, 0.15) is 11.6 Å². The van der Waals surface area contributed by atoms with Crippen LogP contribution in [0.1, 0.15) is 25.8 Å². The lowest BCUT2D eigenvalue weighted by atomic mass is 10.0. The molecule has 3 N–H and O–H groups in total. The van der Waals surface area contributed by atoms with Crippen molar-refractivity contribution in [1.82, 2.24) is 0 Å². The molecule has 100 valence electrons.